The monoisotopic (exact) mass is 444 g/mol. The van der Waals surface area contributed by atoms with Crippen molar-refractivity contribution in [3.63, 3.8) is 0 Å². The van der Waals surface area contributed by atoms with E-state index in [2.05, 4.69) is 25.6 Å². The lowest BCUT2D eigenvalue weighted by Crippen LogP contribution is -2.36. The molecule has 3 aromatic rings. The number of anilines is 1. The van der Waals surface area contributed by atoms with Gasteiger partial charge in [0.25, 0.3) is 0 Å². The van der Waals surface area contributed by atoms with Crippen molar-refractivity contribution in [1.29, 1.82) is 0 Å². The molecule has 0 spiro atoms. The molecule has 0 bridgehead atoms. The van der Waals surface area contributed by atoms with Crippen LogP contribution in [0, 0.1) is 12.7 Å². The molecule has 8 nitrogen and oxygen atoms in total. The number of nitrogens with one attached hydrogen (secondary N) is 2. The van der Waals surface area contributed by atoms with Gasteiger partial charge in [-0.05, 0) is 38.0 Å². The van der Waals surface area contributed by atoms with Gasteiger partial charge in [-0.25, -0.2) is 14.4 Å². The second kappa shape index (κ2) is 8.81. The molecule has 1 amide bonds. The number of thiophene rings is 1. The number of hydrogen-bond acceptors (Lipinski definition) is 8. The number of aliphatic hydroxyl groups excluding tert-OH is 1. The fourth-order valence-corrected chi connectivity index (χ4v) is 4.80. The van der Waals surface area contributed by atoms with E-state index in [-0.39, 0.29) is 18.0 Å². The summed E-state index contributed by atoms with van der Waals surface area (Å²) in [5, 5.41) is 17.2. The Morgan fingerprint density at radius 2 is 2.16 bits per heavy atom. The number of carbonyl (C=O) groups is 1. The molecule has 0 aliphatic carbocycles. The van der Waals surface area contributed by atoms with Crippen molar-refractivity contribution in [1.82, 2.24) is 25.2 Å². The van der Waals surface area contributed by atoms with Crippen molar-refractivity contribution >= 4 is 33.4 Å². The van der Waals surface area contributed by atoms with Crippen LogP contribution in [-0.4, -0.2) is 50.0 Å². The first-order chi connectivity index (χ1) is 14.8. The molecule has 3 unspecified atom stereocenters. The van der Waals surface area contributed by atoms with E-state index in [1.807, 2.05) is 24.8 Å². The number of aryl methyl sites for hydroxylation is 1. The number of aliphatic hydroxyl groups is 1. The Morgan fingerprint density at radius 3 is 2.90 bits per heavy atom. The van der Waals surface area contributed by atoms with E-state index in [9.17, 15) is 14.3 Å². The third kappa shape index (κ3) is 4.81. The summed E-state index contributed by atoms with van der Waals surface area (Å²) < 4.78 is 14.4. The fraction of sp³-hybridized carbons (Fsp3) is 0.429. The molecule has 0 radical (unpaired) electrons. The third-order valence-electron chi connectivity index (χ3n) is 5.31. The van der Waals surface area contributed by atoms with Gasteiger partial charge in [0.05, 0.1) is 22.5 Å². The van der Waals surface area contributed by atoms with Crippen molar-refractivity contribution in [2.45, 2.75) is 45.5 Å². The van der Waals surface area contributed by atoms with Crippen LogP contribution >= 0.6 is 11.3 Å². The average molecular weight is 445 g/mol. The number of likely N-dealkylation sites (tertiary alicyclic amines) is 1. The molecule has 1 aliphatic heterocycles. The molecular formula is C21H25FN6O2S. The lowest BCUT2D eigenvalue weighted by Gasteiger charge is -2.24. The molecule has 3 atom stereocenters. The van der Waals surface area contributed by atoms with Crippen molar-refractivity contribution < 1.29 is 14.3 Å². The van der Waals surface area contributed by atoms with Gasteiger partial charge in [-0.1, -0.05) is 0 Å². The summed E-state index contributed by atoms with van der Waals surface area (Å²) in [6.45, 7) is 6.55. The molecule has 1 saturated heterocycles. The van der Waals surface area contributed by atoms with Crippen LogP contribution in [0.3, 0.4) is 0 Å². The first-order valence-electron chi connectivity index (χ1n) is 10.1. The maximum absolute atomic E-state index is 13.5. The quantitative estimate of drug-likeness (QED) is 0.537. The van der Waals surface area contributed by atoms with E-state index >= 15 is 0 Å². The topological polar surface area (TPSA) is 103 Å². The third-order valence-corrected chi connectivity index (χ3v) is 6.37. The van der Waals surface area contributed by atoms with Crippen molar-refractivity contribution in [3.05, 3.63) is 46.5 Å². The summed E-state index contributed by atoms with van der Waals surface area (Å²) in [7, 11) is 0. The summed E-state index contributed by atoms with van der Waals surface area (Å²) in [5.74, 6) is -0.129. The van der Waals surface area contributed by atoms with E-state index in [0.717, 1.165) is 27.7 Å². The molecule has 164 valence electrons. The Labute approximate surface area is 183 Å². The number of nitrogens with zero attached hydrogens (tertiary/aromatic N) is 4. The minimum Gasteiger partial charge on any atom is -0.372 e. The number of hydrogen-bond donors (Lipinski definition) is 3. The number of carbonyl (C=O) groups excluding carboxylic acids is 1. The zero-order chi connectivity index (χ0) is 22.1. The minimum absolute atomic E-state index is 0.00708. The maximum atomic E-state index is 13.5. The summed E-state index contributed by atoms with van der Waals surface area (Å²) in [6.07, 6.45) is 2.60. The summed E-state index contributed by atoms with van der Waals surface area (Å²) in [4.78, 5) is 27.4. The van der Waals surface area contributed by atoms with Gasteiger partial charge in [-0.3, -0.25) is 14.7 Å². The molecule has 4 rings (SSSR count). The smallest absolute Gasteiger partial charge is 0.224 e. The Hall–Kier alpha value is -2.69. The Balaban J connectivity index is 1.61. The molecule has 1 fully saturated rings. The number of amides is 1. The zero-order valence-electron chi connectivity index (χ0n) is 17.6. The highest BCUT2D eigenvalue weighted by Gasteiger charge is 2.31. The number of fused-ring (bicyclic) bond motifs is 1. The number of halogens is 1. The Morgan fingerprint density at radius 1 is 1.35 bits per heavy atom. The molecule has 4 heterocycles. The van der Waals surface area contributed by atoms with Crippen molar-refractivity contribution in [2.75, 3.05) is 18.4 Å². The predicted molar refractivity (Wildman–Crippen MR) is 117 cm³/mol. The van der Waals surface area contributed by atoms with E-state index in [4.69, 9.17) is 0 Å². The van der Waals surface area contributed by atoms with Crippen LogP contribution in [0.2, 0.25) is 0 Å². The van der Waals surface area contributed by atoms with Crippen LogP contribution in [0.5, 0.6) is 0 Å². The maximum Gasteiger partial charge on any atom is 0.224 e. The van der Waals surface area contributed by atoms with Gasteiger partial charge in [0.15, 0.2) is 6.23 Å². The predicted octanol–water partition coefficient (Wildman–Crippen LogP) is 2.91. The van der Waals surface area contributed by atoms with Crippen molar-refractivity contribution in [3.8, 4) is 0 Å². The van der Waals surface area contributed by atoms with E-state index in [0.29, 0.717) is 30.3 Å². The lowest BCUT2D eigenvalue weighted by atomic mass is 10.1. The van der Waals surface area contributed by atoms with Crippen LogP contribution in [-0.2, 0) is 4.79 Å². The molecule has 1 aliphatic rings. The highest BCUT2D eigenvalue weighted by atomic mass is 32.1. The van der Waals surface area contributed by atoms with Gasteiger partial charge in [-0.2, -0.15) is 0 Å². The highest BCUT2D eigenvalue weighted by molar-refractivity contribution is 7.19. The lowest BCUT2D eigenvalue weighted by molar-refractivity contribution is -0.119. The normalized spacial score (nSPS) is 18.8. The van der Waals surface area contributed by atoms with E-state index < -0.39 is 12.0 Å². The number of pyridine rings is 1. The molecule has 3 N–H and O–H groups in total. The van der Waals surface area contributed by atoms with E-state index in [1.54, 1.807) is 6.20 Å². The molecular weight excluding hydrogens is 419 g/mol. The van der Waals surface area contributed by atoms with Gasteiger partial charge in [0.1, 0.15) is 11.5 Å². The highest BCUT2D eigenvalue weighted by Crippen LogP contribution is 2.33. The fourth-order valence-electron chi connectivity index (χ4n) is 3.84. The van der Waals surface area contributed by atoms with Crippen LogP contribution in [0.15, 0.2) is 24.5 Å². The van der Waals surface area contributed by atoms with Gasteiger partial charge in [0.2, 0.25) is 11.9 Å². The summed E-state index contributed by atoms with van der Waals surface area (Å²) in [5.41, 5.74) is 1.94. The SMILES string of the molecule is CC(=O)NC1CCN(C(O)c2nc(NC(C)c3cncc(F)c3)nc3cc(C)sc23)C1. The average Bonchev–Trinajstić information content (AvgIpc) is 3.32. The second-order valence-electron chi connectivity index (χ2n) is 7.86. The van der Waals surface area contributed by atoms with Crippen LogP contribution < -0.4 is 10.6 Å². The van der Waals surface area contributed by atoms with Gasteiger partial charge >= 0.3 is 0 Å². The van der Waals surface area contributed by atoms with E-state index in [1.165, 1.54) is 24.3 Å². The summed E-state index contributed by atoms with van der Waals surface area (Å²) >= 11 is 1.53. The standard InChI is InChI=1S/C21H25FN6O2S/c1-11-6-17-19(31-11)18(20(30)28-5-4-16(10-28)25-13(3)29)27-21(26-17)24-12(2)14-7-15(22)9-23-8-14/h6-9,12,16,20,30H,4-5,10H2,1-3H3,(H,25,29)(H,24,26,27). The number of rotatable bonds is 6. The molecule has 0 aromatic carbocycles. The van der Waals surface area contributed by atoms with Crippen molar-refractivity contribution in [2.24, 2.45) is 0 Å². The second-order valence-corrected chi connectivity index (χ2v) is 9.12. The number of aromatic nitrogens is 3. The molecule has 10 heteroatoms. The zero-order valence-corrected chi connectivity index (χ0v) is 18.4. The molecule has 0 saturated carbocycles. The van der Waals surface area contributed by atoms with Gasteiger partial charge in [0, 0.05) is 37.1 Å². The van der Waals surface area contributed by atoms with Crippen LogP contribution in [0.25, 0.3) is 10.2 Å². The first-order valence-corrected chi connectivity index (χ1v) is 11.0. The first kappa shape index (κ1) is 21.5. The van der Waals surface area contributed by atoms with Crippen LogP contribution in [0.1, 0.15) is 48.7 Å². The largest absolute Gasteiger partial charge is 0.372 e. The summed E-state index contributed by atoms with van der Waals surface area (Å²) in [6, 6.07) is 3.11. The molecule has 3 aromatic heterocycles. The van der Waals surface area contributed by atoms with Gasteiger partial charge < -0.3 is 15.7 Å². The molecule has 31 heavy (non-hydrogen) atoms. The minimum atomic E-state index is -0.922. The Bertz CT molecular complexity index is 1110. The Kier molecular flexibility index (Phi) is 6.12. The van der Waals surface area contributed by atoms with Crippen LogP contribution in [0.4, 0.5) is 10.3 Å². The van der Waals surface area contributed by atoms with Gasteiger partial charge in [-0.15, -0.1) is 11.3 Å².